The van der Waals surface area contributed by atoms with Crippen LogP contribution in [-0.4, -0.2) is 30.6 Å². The van der Waals surface area contributed by atoms with Crippen LogP contribution < -0.4 is 16.4 Å². The Bertz CT molecular complexity index is 254. The number of hydrogen-bond acceptors (Lipinski definition) is 2. The maximum atomic E-state index is 11.7. The molecule has 5 N–H and O–H groups in total. The molecule has 0 fully saturated rings. The van der Waals surface area contributed by atoms with Crippen molar-refractivity contribution in [1.29, 1.82) is 5.41 Å². The molecule has 0 spiro atoms. The van der Waals surface area contributed by atoms with E-state index in [1.807, 2.05) is 0 Å². The van der Waals surface area contributed by atoms with Crippen LogP contribution in [0.1, 0.15) is 19.8 Å². The summed E-state index contributed by atoms with van der Waals surface area (Å²) in [6.07, 6.45) is -3.82. The highest BCUT2D eigenvalue weighted by Gasteiger charge is 2.27. The molecule has 0 rings (SSSR count). The predicted molar refractivity (Wildman–Crippen MR) is 53.2 cm³/mol. The number of nitrogens with two attached hydrogens (primary N) is 1. The highest BCUT2D eigenvalue weighted by Crippen LogP contribution is 2.11. The summed E-state index contributed by atoms with van der Waals surface area (Å²) in [6, 6.07) is -1.34. The van der Waals surface area contributed by atoms with Crippen molar-refractivity contribution in [2.75, 3.05) is 6.54 Å². The van der Waals surface area contributed by atoms with E-state index >= 15 is 0 Å². The standard InChI is InChI=1S/C8H15F3N4O/c1-2-5(3-6(12)13)15-7(16)14-4-8(9,10)11/h5H,2-4H2,1H3,(H3,12,13)(H2,14,15,16). The number of amides is 2. The first-order chi connectivity index (χ1) is 7.24. The van der Waals surface area contributed by atoms with Gasteiger partial charge in [-0.2, -0.15) is 13.2 Å². The van der Waals surface area contributed by atoms with Crippen molar-refractivity contribution in [2.45, 2.75) is 32.0 Å². The molecular formula is C8H15F3N4O. The number of carbonyl (C=O) groups excluding carboxylic acids is 1. The van der Waals surface area contributed by atoms with Gasteiger partial charge in [0.15, 0.2) is 0 Å². The SMILES string of the molecule is CCC(CC(=N)N)NC(=O)NCC(F)(F)F. The molecule has 0 saturated carbocycles. The molecular weight excluding hydrogens is 225 g/mol. The van der Waals surface area contributed by atoms with Gasteiger partial charge in [-0.3, -0.25) is 5.41 Å². The number of carbonyl (C=O) groups is 1. The minimum Gasteiger partial charge on any atom is -0.388 e. The van der Waals surface area contributed by atoms with Gasteiger partial charge in [-0.1, -0.05) is 6.92 Å². The summed E-state index contributed by atoms with van der Waals surface area (Å²) in [4.78, 5) is 11.0. The summed E-state index contributed by atoms with van der Waals surface area (Å²) in [5.74, 6) is -0.122. The molecule has 1 unspecified atom stereocenters. The topological polar surface area (TPSA) is 91.0 Å². The first-order valence-corrected chi connectivity index (χ1v) is 4.68. The Labute approximate surface area is 91.1 Å². The molecule has 1 atom stereocenters. The summed E-state index contributed by atoms with van der Waals surface area (Å²) in [5.41, 5.74) is 5.12. The molecule has 0 saturated heterocycles. The maximum absolute atomic E-state index is 11.7. The Balaban J connectivity index is 3.97. The van der Waals surface area contributed by atoms with Crippen LogP contribution in [0.3, 0.4) is 0 Å². The zero-order valence-electron chi connectivity index (χ0n) is 8.82. The number of nitrogens with one attached hydrogen (secondary N) is 3. The molecule has 0 aromatic heterocycles. The third-order valence-electron chi connectivity index (χ3n) is 1.74. The van der Waals surface area contributed by atoms with Gasteiger partial charge in [0.2, 0.25) is 0 Å². The Kier molecular flexibility index (Phi) is 5.62. The van der Waals surface area contributed by atoms with E-state index in [1.54, 1.807) is 12.2 Å². The van der Waals surface area contributed by atoms with Crippen LogP contribution in [0.2, 0.25) is 0 Å². The molecule has 0 aromatic carbocycles. The normalized spacial score (nSPS) is 13.0. The van der Waals surface area contributed by atoms with Crippen LogP contribution in [-0.2, 0) is 0 Å². The summed E-state index contributed by atoms with van der Waals surface area (Å²) < 4.78 is 35.2. The van der Waals surface area contributed by atoms with E-state index in [0.717, 1.165) is 0 Å². The second-order valence-corrected chi connectivity index (χ2v) is 3.28. The zero-order valence-corrected chi connectivity index (χ0v) is 8.82. The number of amidine groups is 1. The minimum absolute atomic E-state index is 0.121. The van der Waals surface area contributed by atoms with Gasteiger partial charge in [-0.25, -0.2) is 4.79 Å². The van der Waals surface area contributed by atoms with Gasteiger partial charge in [0.05, 0.1) is 5.84 Å². The minimum atomic E-state index is -4.43. The number of rotatable bonds is 5. The van der Waals surface area contributed by atoms with Crippen molar-refractivity contribution in [3.05, 3.63) is 0 Å². The highest BCUT2D eigenvalue weighted by molar-refractivity contribution is 5.79. The fourth-order valence-corrected chi connectivity index (χ4v) is 0.980. The molecule has 94 valence electrons. The maximum Gasteiger partial charge on any atom is 0.405 e. The van der Waals surface area contributed by atoms with Crippen LogP contribution in [0.5, 0.6) is 0 Å². The molecule has 16 heavy (non-hydrogen) atoms. The molecule has 2 amide bonds. The summed E-state index contributed by atoms with van der Waals surface area (Å²) in [7, 11) is 0. The lowest BCUT2D eigenvalue weighted by Crippen LogP contribution is -2.46. The lowest BCUT2D eigenvalue weighted by atomic mass is 10.1. The van der Waals surface area contributed by atoms with Crippen LogP contribution in [0, 0.1) is 5.41 Å². The van der Waals surface area contributed by atoms with Gasteiger partial charge >= 0.3 is 12.2 Å². The van der Waals surface area contributed by atoms with Gasteiger partial charge in [0.25, 0.3) is 0 Å². The summed E-state index contributed by atoms with van der Waals surface area (Å²) >= 11 is 0. The van der Waals surface area contributed by atoms with Crippen molar-refractivity contribution in [3.63, 3.8) is 0 Å². The largest absolute Gasteiger partial charge is 0.405 e. The first kappa shape index (κ1) is 14.5. The molecule has 0 radical (unpaired) electrons. The average molecular weight is 240 g/mol. The van der Waals surface area contributed by atoms with Crippen LogP contribution in [0.15, 0.2) is 0 Å². The third-order valence-corrected chi connectivity index (χ3v) is 1.74. The molecule has 5 nitrogen and oxygen atoms in total. The lowest BCUT2D eigenvalue weighted by Gasteiger charge is -2.17. The smallest absolute Gasteiger partial charge is 0.388 e. The second-order valence-electron chi connectivity index (χ2n) is 3.28. The molecule has 0 aliphatic rings. The number of urea groups is 1. The van der Waals surface area contributed by atoms with E-state index in [2.05, 4.69) is 5.32 Å². The first-order valence-electron chi connectivity index (χ1n) is 4.68. The van der Waals surface area contributed by atoms with E-state index in [4.69, 9.17) is 11.1 Å². The lowest BCUT2D eigenvalue weighted by molar-refractivity contribution is -0.122. The number of halogens is 3. The van der Waals surface area contributed by atoms with Gasteiger partial charge in [0, 0.05) is 12.5 Å². The van der Waals surface area contributed by atoms with Gasteiger partial charge in [-0.15, -0.1) is 0 Å². The van der Waals surface area contributed by atoms with Crippen LogP contribution in [0.4, 0.5) is 18.0 Å². The van der Waals surface area contributed by atoms with E-state index in [9.17, 15) is 18.0 Å². The molecule has 8 heteroatoms. The third kappa shape index (κ3) is 7.89. The Morgan fingerprint density at radius 3 is 2.44 bits per heavy atom. The summed E-state index contributed by atoms with van der Waals surface area (Å²) in [5, 5.41) is 11.0. The Morgan fingerprint density at radius 2 is 2.06 bits per heavy atom. The highest BCUT2D eigenvalue weighted by atomic mass is 19.4. The fourth-order valence-electron chi connectivity index (χ4n) is 0.980. The van der Waals surface area contributed by atoms with Crippen molar-refractivity contribution in [2.24, 2.45) is 5.73 Å². The van der Waals surface area contributed by atoms with Gasteiger partial charge < -0.3 is 16.4 Å². The van der Waals surface area contributed by atoms with E-state index in [0.29, 0.717) is 6.42 Å². The molecule has 0 bridgehead atoms. The Hall–Kier alpha value is -1.47. The molecule has 0 aromatic rings. The number of hydrogen-bond donors (Lipinski definition) is 4. The van der Waals surface area contributed by atoms with E-state index in [-0.39, 0.29) is 12.3 Å². The van der Waals surface area contributed by atoms with Crippen LogP contribution >= 0.6 is 0 Å². The fraction of sp³-hybridized carbons (Fsp3) is 0.750. The Morgan fingerprint density at radius 1 is 1.50 bits per heavy atom. The molecule has 0 heterocycles. The second kappa shape index (κ2) is 6.19. The van der Waals surface area contributed by atoms with E-state index < -0.39 is 24.8 Å². The molecule has 0 aliphatic heterocycles. The van der Waals surface area contributed by atoms with Crippen LogP contribution in [0.25, 0.3) is 0 Å². The van der Waals surface area contributed by atoms with Crippen molar-refractivity contribution >= 4 is 11.9 Å². The summed E-state index contributed by atoms with van der Waals surface area (Å²) in [6.45, 7) is 0.354. The number of alkyl halides is 3. The monoisotopic (exact) mass is 240 g/mol. The quantitative estimate of drug-likeness (QED) is 0.425. The molecule has 0 aliphatic carbocycles. The predicted octanol–water partition coefficient (Wildman–Crippen LogP) is 0.953. The zero-order chi connectivity index (χ0) is 12.8. The van der Waals surface area contributed by atoms with Gasteiger partial charge in [-0.05, 0) is 6.42 Å². The van der Waals surface area contributed by atoms with Crippen molar-refractivity contribution in [3.8, 4) is 0 Å². The van der Waals surface area contributed by atoms with Crippen molar-refractivity contribution < 1.29 is 18.0 Å². The van der Waals surface area contributed by atoms with Crippen molar-refractivity contribution in [1.82, 2.24) is 10.6 Å². The average Bonchev–Trinajstić information content (AvgIpc) is 2.12. The van der Waals surface area contributed by atoms with E-state index in [1.165, 1.54) is 0 Å². The van der Waals surface area contributed by atoms with Gasteiger partial charge in [0.1, 0.15) is 6.54 Å².